The van der Waals surface area contributed by atoms with E-state index in [2.05, 4.69) is 15.4 Å². The van der Waals surface area contributed by atoms with Gasteiger partial charge in [0.25, 0.3) is 0 Å². The average molecular weight is 334 g/mol. The zero-order chi connectivity index (χ0) is 16.3. The second kappa shape index (κ2) is 6.47. The molecule has 22 heavy (non-hydrogen) atoms. The van der Waals surface area contributed by atoms with Crippen molar-refractivity contribution in [2.75, 3.05) is 16.8 Å². The lowest BCUT2D eigenvalue weighted by Crippen LogP contribution is -2.38. The molecule has 1 saturated heterocycles. The van der Waals surface area contributed by atoms with Gasteiger partial charge in [0.15, 0.2) is 9.84 Å². The minimum Gasteiger partial charge on any atom is -0.434 e. The van der Waals surface area contributed by atoms with Gasteiger partial charge in [-0.2, -0.15) is 8.78 Å². The van der Waals surface area contributed by atoms with Gasteiger partial charge in [0.1, 0.15) is 5.75 Å². The Labute approximate surface area is 126 Å². The Hall–Kier alpha value is -1.90. The lowest BCUT2D eigenvalue weighted by Gasteiger charge is -2.15. The van der Waals surface area contributed by atoms with Gasteiger partial charge in [-0.3, -0.25) is 0 Å². The predicted octanol–water partition coefficient (Wildman–Crippen LogP) is 1.91. The van der Waals surface area contributed by atoms with Gasteiger partial charge >= 0.3 is 12.6 Å². The minimum atomic E-state index is -3.09. The third kappa shape index (κ3) is 4.30. The number of urea groups is 1. The molecule has 6 nitrogen and oxygen atoms in total. The van der Waals surface area contributed by atoms with Gasteiger partial charge in [-0.1, -0.05) is 6.07 Å². The molecule has 1 fully saturated rings. The van der Waals surface area contributed by atoms with Crippen LogP contribution in [0.1, 0.15) is 12.0 Å². The van der Waals surface area contributed by atoms with Crippen molar-refractivity contribution in [3.05, 3.63) is 23.8 Å². The van der Waals surface area contributed by atoms with E-state index in [-0.39, 0.29) is 17.3 Å². The molecule has 2 amide bonds. The normalized spacial score (nSPS) is 19.9. The molecule has 0 spiro atoms. The molecule has 2 rings (SSSR count). The Morgan fingerprint density at radius 1 is 1.41 bits per heavy atom. The van der Waals surface area contributed by atoms with Crippen LogP contribution < -0.4 is 15.4 Å². The van der Waals surface area contributed by atoms with Crippen LogP contribution in [0.5, 0.6) is 5.75 Å². The fourth-order valence-corrected chi connectivity index (χ4v) is 3.90. The van der Waals surface area contributed by atoms with E-state index in [0.29, 0.717) is 17.7 Å². The SMILES string of the molecule is Cc1c(NC(=O)N[C@H]2CCS(=O)(=O)C2)cccc1OC(F)F. The molecule has 0 radical (unpaired) electrons. The van der Waals surface area contributed by atoms with E-state index in [4.69, 9.17) is 0 Å². The maximum absolute atomic E-state index is 12.3. The van der Waals surface area contributed by atoms with Gasteiger partial charge in [0.05, 0.1) is 11.5 Å². The molecule has 0 unspecified atom stereocenters. The zero-order valence-corrected chi connectivity index (χ0v) is 12.6. The number of ether oxygens (including phenoxy) is 1. The minimum absolute atomic E-state index is 0.0313. The first-order valence-electron chi connectivity index (χ1n) is 6.59. The molecule has 1 aromatic rings. The largest absolute Gasteiger partial charge is 0.434 e. The van der Waals surface area contributed by atoms with E-state index in [1.807, 2.05) is 0 Å². The summed E-state index contributed by atoms with van der Waals surface area (Å²) in [6.07, 6.45) is 0.364. The molecule has 122 valence electrons. The maximum atomic E-state index is 12.3. The van der Waals surface area contributed by atoms with Gasteiger partial charge < -0.3 is 15.4 Å². The van der Waals surface area contributed by atoms with Crippen LogP contribution in [-0.2, 0) is 9.84 Å². The summed E-state index contributed by atoms with van der Waals surface area (Å²) in [6.45, 7) is -1.42. The zero-order valence-electron chi connectivity index (χ0n) is 11.8. The topological polar surface area (TPSA) is 84.5 Å². The number of sulfone groups is 1. The highest BCUT2D eigenvalue weighted by molar-refractivity contribution is 7.91. The molecule has 0 saturated carbocycles. The Morgan fingerprint density at radius 2 is 2.14 bits per heavy atom. The highest BCUT2D eigenvalue weighted by Crippen LogP contribution is 2.26. The molecule has 2 N–H and O–H groups in total. The summed E-state index contributed by atoms with van der Waals surface area (Å²) in [4.78, 5) is 11.9. The predicted molar refractivity (Wildman–Crippen MR) is 77.0 cm³/mol. The Kier molecular flexibility index (Phi) is 4.84. The summed E-state index contributed by atoms with van der Waals surface area (Å²) in [6, 6.07) is 3.36. The van der Waals surface area contributed by atoms with Gasteiger partial charge in [-0.15, -0.1) is 0 Å². The Bertz CT molecular complexity index is 664. The molecule has 1 aliphatic heterocycles. The molecular formula is C13H16F2N2O4S. The van der Waals surface area contributed by atoms with Crippen molar-refractivity contribution in [2.45, 2.75) is 26.0 Å². The van der Waals surface area contributed by atoms with Crippen LogP contribution in [-0.4, -0.2) is 38.6 Å². The average Bonchev–Trinajstić information content (AvgIpc) is 2.73. The standard InChI is InChI=1S/C13H16F2N2O4S/c1-8-10(3-2-4-11(8)21-12(14)15)17-13(18)16-9-5-6-22(19,20)7-9/h2-4,9,12H,5-7H2,1H3,(H2,16,17,18)/t9-/m0/s1. The molecule has 0 aromatic heterocycles. The number of nitrogens with one attached hydrogen (secondary N) is 2. The van der Waals surface area contributed by atoms with Crippen molar-refractivity contribution in [3.8, 4) is 5.75 Å². The first-order chi connectivity index (χ1) is 10.3. The molecule has 1 aliphatic rings. The Morgan fingerprint density at radius 3 is 2.73 bits per heavy atom. The number of benzene rings is 1. The molecule has 0 aliphatic carbocycles. The summed E-state index contributed by atoms with van der Waals surface area (Å²) in [5.41, 5.74) is 0.675. The number of hydrogen-bond acceptors (Lipinski definition) is 4. The van der Waals surface area contributed by atoms with Crippen molar-refractivity contribution >= 4 is 21.6 Å². The van der Waals surface area contributed by atoms with E-state index in [1.165, 1.54) is 19.1 Å². The second-order valence-electron chi connectivity index (χ2n) is 5.01. The van der Waals surface area contributed by atoms with E-state index < -0.39 is 28.5 Å². The summed E-state index contributed by atoms with van der Waals surface area (Å²) < 4.78 is 51.5. The van der Waals surface area contributed by atoms with Crippen LogP contribution in [0.4, 0.5) is 19.3 Å². The lowest BCUT2D eigenvalue weighted by molar-refractivity contribution is -0.0502. The molecule has 1 heterocycles. The molecule has 1 aromatic carbocycles. The van der Waals surface area contributed by atoms with Gasteiger partial charge in [0.2, 0.25) is 0 Å². The van der Waals surface area contributed by atoms with Crippen LogP contribution in [0.3, 0.4) is 0 Å². The van der Waals surface area contributed by atoms with E-state index in [1.54, 1.807) is 6.07 Å². The van der Waals surface area contributed by atoms with Crippen molar-refractivity contribution in [2.24, 2.45) is 0 Å². The fraction of sp³-hybridized carbons (Fsp3) is 0.462. The summed E-state index contributed by atoms with van der Waals surface area (Å²) >= 11 is 0. The third-order valence-corrected chi connectivity index (χ3v) is 5.08. The number of alkyl halides is 2. The van der Waals surface area contributed by atoms with Crippen molar-refractivity contribution in [3.63, 3.8) is 0 Å². The van der Waals surface area contributed by atoms with Crippen LogP contribution >= 0.6 is 0 Å². The highest BCUT2D eigenvalue weighted by Gasteiger charge is 2.29. The number of amides is 2. The summed E-state index contributed by atoms with van der Waals surface area (Å²) in [7, 11) is -3.09. The fourth-order valence-electron chi connectivity index (χ4n) is 2.23. The number of hydrogen-bond donors (Lipinski definition) is 2. The number of anilines is 1. The van der Waals surface area contributed by atoms with Crippen LogP contribution in [0.15, 0.2) is 18.2 Å². The van der Waals surface area contributed by atoms with Crippen molar-refractivity contribution in [1.29, 1.82) is 0 Å². The lowest BCUT2D eigenvalue weighted by atomic mass is 10.2. The monoisotopic (exact) mass is 334 g/mol. The molecule has 1 atom stereocenters. The van der Waals surface area contributed by atoms with Crippen molar-refractivity contribution < 1.29 is 26.7 Å². The number of carbonyl (C=O) groups excluding carboxylic acids is 1. The quantitative estimate of drug-likeness (QED) is 0.881. The van der Waals surface area contributed by atoms with E-state index in [0.717, 1.165) is 0 Å². The maximum Gasteiger partial charge on any atom is 0.387 e. The molecule has 0 bridgehead atoms. The smallest absolute Gasteiger partial charge is 0.387 e. The first-order valence-corrected chi connectivity index (χ1v) is 8.41. The summed E-state index contributed by atoms with van der Waals surface area (Å²) in [5, 5.41) is 5.06. The van der Waals surface area contributed by atoms with Crippen LogP contribution in [0, 0.1) is 6.92 Å². The number of carbonyl (C=O) groups is 1. The third-order valence-electron chi connectivity index (χ3n) is 3.32. The molecular weight excluding hydrogens is 318 g/mol. The molecule has 9 heteroatoms. The number of rotatable bonds is 4. The first kappa shape index (κ1) is 16.5. The van der Waals surface area contributed by atoms with Crippen LogP contribution in [0.2, 0.25) is 0 Å². The second-order valence-corrected chi connectivity index (χ2v) is 7.23. The van der Waals surface area contributed by atoms with Gasteiger partial charge in [-0.25, -0.2) is 13.2 Å². The Balaban J connectivity index is 2.00. The van der Waals surface area contributed by atoms with Gasteiger partial charge in [-0.05, 0) is 25.5 Å². The van der Waals surface area contributed by atoms with E-state index >= 15 is 0 Å². The highest BCUT2D eigenvalue weighted by atomic mass is 32.2. The van der Waals surface area contributed by atoms with E-state index in [9.17, 15) is 22.0 Å². The summed E-state index contributed by atoms with van der Waals surface area (Å²) in [5.74, 6) is -0.0703. The van der Waals surface area contributed by atoms with Crippen molar-refractivity contribution in [1.82, 2.24) is 5.32 Å². The van der Waals surface area contributed by atoms with Gasteiger partial charge in [0, 0.05) is 17.3 Å². The van der Waals surface area contributed by atoms with Crippen LogP contribution in [0.25, 0.3) is 0 Å². The number of halogens is 2.